The second kappa shape index (κ2) is 5.79. The van der Waals surface area contributed by atoms with Gasteiger partial charge in [0.2, 0.25) is 0 Å². The molecule has 0 aromatic heterocycles. The van der Waals surface area contributed by atoms with Crippen molar-refractivity contribution in [3.05, 3.63) is 33.8 Å². The van der Waals surface area contributed by atoms with E-state index >= 15 is 0 Å². The maximum absolute atomic E-state index is 11.8. The molecule has 1 aromatic carbocycles. The number of aliphatic carboxylic acids is 1. The fourth-order valence-corrected chi connectivity index (χ4v) is 1.69. The van der Waals surface area contributed by atoms with Crippen molar-refractivity contribution in [3.8, 4) is 0 Å². The zero-order valence-electron chi connectivity index (χ0n) is 9.11. The fourth-order valence-electron chi connectivity index (χ4n) is 1.24. The Morgan fingerprint density at radius 2 is 2.12 bits per heavy atom. The van der Waals surface area contributed by atoms with E-state index in [0.717, 1.165) is 5.56 Å². The molecule has 0 spiro atoms. The fraction of sp³-hybridized carbons (Fsp3) is 0.273. The highest BCUT2D eigenvalue weighted by molar-refractivity contribution is 9.10. The maximum atomic E-state index is 11.8. The minimum Gasteiger partial charge on any atom is -0.480 e. The van der Waals surface area contributed by atoms with Crippen molar-refractivity contribution in [2.45, 2.75) is 13.0 Å². The predicted molar refractivity (Wildman–Crippen MR) is 64.9 cm³/mol. The first-order chi connectivity index (χ1) is 7.97. The summed E-state index contributed by atoms with van der Waals surface area (Å²) in [6.07, 6.45) is 0. The van der Waals surface area contributed by atoms with Crippen molar-refractivity contribution in [2.75, 3.05) is 6.61 Å². The van der Waals surface area contributed by atoms with Gasteiger partial charge in [-0.15, -0.1) is 0 Å². The number of nitrogens with one attached hydrogen (secondary N) is 1. The quantitative estimate of drug-likeness (QED) is 0.772. The van der Waals surface area contributed by atoms with Crippen LogP contribution in [0, 0.1) is 6.92 Å². The second-order valence-electron chi connectivity index (χ2n) is 3.48. The normalized spacial score (nSPS) is 11.9. The Bertz CT molecular complexity index is 447. The molecule has 0 aliphatic rings. The van der Waals surface area contributed by atoms with Gasteiger partial charge in [0, 0.05) is 4.47 Å². The molecule has 1 atom stereocenters. The molecule has 92 valence electrons. The third kappa shape index (κ3) is 3.28. The van der Waals surface area contributed by atoms with Crippen LogP contribution >= 0.6 is 15.9 Å². The molecule has 0 fully saturated rings. The number of rotatable bonds is 4. The van der Waals surface area contributed by atoms with Crippen LogP contribution in [0.2, 0.25) is 0 Å². The number of carboxylic acids is 1. The van der Waals surface area contributed by atoms with E-state index in [1.807, 2.05) is 13.0 Å². The lowest BCUT2D eigenvalue weighted by molar-refractivity contribution is -0.140. The number of carboxylic acid groups (broad SMARTS) is 1. The zero-order chi connectivity index (χ0) is 13.0. The van der Waals surface area contributed by atoms with Crippen LogP contribution in [0.4, 0.5) is 0 Å². The van der Waals surface area contributed by atoms with E-state index in [2.05, 4.69) is 21.2 Å². The molecule has 0 saturated carbocycles. The highest BCUT2D eigenvalue weighted by Crippen LogP contribution is 2.20. The van der Waals surface area contributed by atoms with Crippen LogP contribution in [0.5, 0.6) is 0 Å². The Hall–Kier alpha value is -1.40. The summed E-state index contributed by atoms with van der Waals surface area (Å²) >= 11 is 3.26. The van der Waals surface area contributed by atoms with Crippen LogP contribution in [0.15, 0.2) is 22.7 Å². The average molecular weight is 302 g/mol. The molecule has 6 heteroatoms. The summed E-state index contributed by atoms with van der Waals surface area (Å²) in [5.41, 5.74) is 1.21. The molecule has 1 amide bonds. The summed E-state index contributed by atoms with van der Waals surface area (Å²) < 4.78 is 0.611. The first-order valence-corrected chi connectivity index (χ1v) is 5.66. The lowest BCUT2D eigenvalue weighted by Gasteiger charge is -2.13. The minimum absolute atomic E-state index is 0.338. The first kappa shape index (κ1) is 13.7. The number of amides is 1. The Labute approximate surface area is 107 Å². The number of carbonyl (C=O) groups excluding carboxylic acids is 1. The molecular formula is C11H12BrNO4. The zero-order valence-corrected chi connectivity index (χ0v) is 10.7. The summed E-state index contributed by atoms with van der Waals surface area (Å²) in [5.74, 6) is -1.81. The molecule has 17 heavy (non-hydrogen) atoms. The van der Waals surface area contributed by atoms with Crippen molar-refractivity contribution in [2.24, 2.45) is 0 Å². The van der Waals surface area contributed by atoms with Crippen LogP contribution in [0.3, 0.4) is 0 Å². The Morgan fingerprint density at radius 1 is 1.47 bits per heavy atom. The molecule has 0 heterocycles. The number of hydrogen-bond donors (Lipinski definition) is 3. The van der Waals surface area contributed by atoms with E-state index in [1.165, 1.54) is 0 Å². The lowest BCUT2D eigenvalue weighted by Crippen LogP contribution is -2.43. The first-order valence-electron chi connectivity index (χ1n) is 4.87. The van der Waals surface area contributed by atoms with Gasteiger partial charge in [0.1, 0.15) is 0 Å². The summed E-state index contributed by atoms with van der Waals surface area (Å²) in [4.78, 5) is 22.4. The molecule has 0 bridgehead atoms. The lowest BCUT2D eigenvalue weighted by atomic mass is 10.1. The van der Waals surface area contributed by atoms with Crippen molar-refractivity contribution >= 4 is 27.8 Å². The molecule has 1 rings (SSSR count). The monoisotopic (exact) mass is 301 g/mol. The van der Waals surface area contributed by atoms with Crippen molar-refractivity contribution < 1.29 is 19.8 Å². The summed E-state index contributed by atoms with van der Waals surface area (Å²) in [6.45, 7) is 1.17. The van der Waals surface area contributed by atoms with Crippen molar-refractivity contribution in [1.29, 1.82) is 0 Å². The SMILES string of the molecule is Cc1cccc(C(=O)N[C@@H](CO)C(=O)O)c1Br. The second-order valence-corrected chi connectivity index (χ2v) is 4.28. The van der Waals surface area contributed by atoms with Gasteiger partial charge >= 0.3 is 5.97 Å². The maximum Gasteiger partial charge on any atom is 0.328 e. The van der Waals surface area contributed by atoms with E-state index in [0.29, 0.717) is 10.0 Å². The third-order valence-electron chi connectivity index (χ3n) is 2.22. The van der Waals surface area contributed by atoms with Gasteiger partial charge in [-0.1, -0.05) is 12.1 Å². The third-order valence-corrected chi connectivity index (χ3v) is 3.28. The van der Waals surface area contributed by atoms with E-state index in [1.54, 1.807) is 12.1 Å². The highest BCUT2D eigenvalue weighted by Gasteiger charge is 2.20. The molecule has 0 saturated heterocycles. The Balaban J connectivity index is 2.90. The van der Waals surface area contributed by atoms with Gasteiger partial charge < -0.3 is 15.5 Å². The van der Waals surface area contributed by atoms with E-state index in [-0.39, 0.29) is 0 Å². The predicted octanol–water partition coefficient (Wildman–Crippen LogP) is 0.933. The van der Waals surface area contributed by atoms with Crippen molar-refractivity contribution in [3.63, 3.8) is 0 Å². The van der Waals surface area contributed by atoms with Crippen LogP contribution in [-0.2, 0) is 4.79 Å². The minimum atomic E-state index is -1.30. The van der Waals surface area contributed by atoms with Gasteiger partial charge in [-0.2, -0.15) is 0 Å². The van der Waals surface area contributed by atoms with Gasteiger partial charge in [0.05, 0.1) is 12.2 Å². The topological polar surface area (TPSA) is 86.6 Å². The number of carbonyl (C=O) groups is 2. The average Bonchev–Trinajstić information content (AvgIpc) is 2.28. The highest BCUT2D eigenvalue weighted by atomic mass is 79.9. The number of halogens is 1. The van der Waals surface area contributed by atoms with Crippen LogP contribution in [-0.4, -0.2) is 34.7 Å². The molecule has 5 nitrogen and oxygen atoms in total. The van der Waals surface area contributed by atoms with Crippen LogP contribution in [0.1, 0.15) is 15.9 Å². The van der Waals surface area contributed by atoms with Gasteiger partial charge in [0.25, 0.3) is 5.91 Å². The Kier molecular flexibility index (Phi) is 4.65. The molecule has 0 aliphatic heterocycles. The number of benzene rings is 1. The van der Waals surface area contributed by atoms with Gasteiger partial charge in [-0.05, 0) is 34.5 Å². The summed E-state index contributed by atoms with van der Waals surface area (Å²) in [7, 11) is 0. The molecule has 3 N–H and O–H groups in total. The largest absolute Gasteiger partial charge is 0.480 e. The smallest absolute Gasteiger partial charge is 0.328 e. The van der Waals surface area contributed by atoms with E-state index < -0.39 is 24.5 Å². The number of aryl methyl sites for hydroxylation is 1. The molecule has 0 aliphatic carbocycles. The van der Waals surface area contributed by atoms with E-state index in [4.69, 9.17) is 10.2 Å². The van der Waals surface area contributed by atoms with Crippen LogP contribution < -0.4 is 5.32 Å². The number of hydrogen-bond acceptors (Lipinski definition) is 3. The standard InChI is InChI=1S/C11H12BrNO4/c1-6-3-2-4-7(9(6)12)10(15)13-8(5-14)11(16)17/h2-4,8,14H,5H2,1H3,(H,13,15)(H,16,17)/t8-/m0/s1. The summed E-state index contributed by atoms with van der Waals surface area (Å²) in [5, 5.41) is 19.7. The number of aliphatic hydroxyl groups is 1. The molecule has 1 aromatic rings. The number of aliphatic hydroxyl groups excluding tert-OH is 1. The van der Waals surface area contributed by atoms with Gasteiger partial charge in [-0.25, -0.2) is 4.79 Å². The Morgan fingerprint density at radius 3 is 2.65 bits per heavy atom. The van der Waals surface area contributed by atoms with E-state index in [9.17, 15) is 9.59 Å². The van der Waals surface area contributed by atoms with Crippen molar-refractivity contribution in [1.82, 2.24) is 5.32 Å². The van der Waals surface area contributed by atoms with Crippen LogP contribution in [0.25, 0.3) is 0 Å². The molecular weight excluding hydrogens is 290 g/mol. The van der Waals surface area contributed by atoms with Gasteiger partial charge in [0.15, 0.2) is 6.04 Å². The molecule has 0 unspecified atom stereocenters. The molecule has 0 radical (unpaired) electrons. The summed E-state index contributed by atoms with van der Waals surface area (Å²) in [6, 6.07) is 3.79. The van der Waals surface area contributed by atoms with Gasteiger partial charge in [-0.3, -0.25) is 4.79 Å².